The molecule has 0 saturated carbocycles. The maximum Gasteiger partial charge on any atom is 0.0474 e. The number of likely N-dealkylation sites (tertiary alicyclic amines) is 1. The Labute approximate surface area is 74.9 Å². The summed E-state index contributed by atoms with van der Waals surface area (Å²) >= 11 is 0. The zero-order valence-electron chi connectivity index (χ0n) is 7.96. The molecule has 1 saturated heterocycles. The van der Waals surface area contributed by atoms with Crippen molar-refractivity contribution in [3.8, 4) is 0 Å². The number of nitrogens with two attached hydrogens (primary N) is 1. The highest BCUT2D eigenvalue weighted by molar-refractivity contribution is 4.73. The Bertz CT molecular complexity index is 111. The lowest BCUT2D eigenvalue weighted by Crippen LogP contribution is -2.40. The molecule has 0 unspecified atom stereocenters. The van der Waals surface area contributed by atoms with E-state index in [0.717, 1.165) is 25.9 Å². The fourth-order valence-corrected chi connectivity index (χ4v) is 1.61. The molecule has 0 amide bonds. The molecule has 0 radical (unpaired) electrons. The molecule has 72 valence electrons. The zero-order chi connectivity index (χ0) is 8.81. The van der Waals surface area contributed by atoms with E-state index in [0.29, 0.717) is 6.04 Å². The van der Waals surface area contributed by atoms with Gasteiger partial charge in [-0.1, -0.05) is 0 Å². The molecule has 12 heavy (non-hydrogen) atoms. The number of methoxy groups -OCH3 is 1. The first-order chi connectivity index (χ1) is 5.83. The lowest BCUT2D eigenvalue weighted by molar-refractivity contribution is 0.157. The number of piperidine rings is 1. The maximum atomic E-state index is 5.80. The van der Waals surface area contributed by atoms with Crippen LogP contribution >= 0.6 is 0 Å². The van der Waals surface area contributed by atoms with Gasteiger partial charge in [-0.3, -0.25) is 0 Å². The van der Waals surface area contributed by atoms with Crippen molar-refractivity contribution in [1.29, 1.82) is 0 Å². The normalized spacial score (nSPS) is 21.5. The van der Waals surface area contributed by atoms with E-state index in [-0.39, 0.29) is 0 Å². The molecule has 3 nitrogen and oxygen atoms in total. The zero-order valence-corrected chi connectivity index (χ0v) is 7.96. The molecule has 1 fully saturated rings. The van der Waals surface area contributed by atoms with Crippen LogP contribution in [0.4, 0.5) is 0 Å². The van der Waals surface area contributed by atoms with Crippen molar-refractivity contribution in [1.82, 2.24) is 4.90 Å². The van der Waals surface area contributed by atoms with Crippen LogP contribution in [0, 0.1) is 0 Å². The summed E-state index contributed by atoms with van der Waals surface area (Å²) in [7, 11) is 1.76. The lowest BCUT2D eigenvalue weighted by atomic mass is 10.1. The minimum Gasteiger partial charge on any atom is -0.385 e. The van der Waals surface area contributed by atoms with Crippen LogP contribution in [0.2, 0.25) is 0 Å². The van der Waals surface area contributed by atoms with E-state index < -0.39 is 0 Å². The van der Waals surface area contributed by atoms with E-state index in [2.05, 4.69) is 4.90 Å². The van der Waals surface area contributed by atoms with E-state index in [1.54, 1.807) is 7.11 Å². The predicted octanol–water partition coefficient (Wildman–Crippen LogP) is 0.446. The Hall–Kier alpha value is -0.120. The Balaban J connectivity index is 2.01. The Kier molecular flexibility index (Phi) is 4.58. The maximum absolute atomic E-state index is 5.80. The van der Waals surface area contributed by atoms with E-state index >= 15 is 0 Å². The summed E-state index contributed by atoms with van der Waals surface area (Å²) in [6.45, 7) is 4.39. The topological polar surface area (TPSA) is 38.5 Å². The molecule has 0 aliphatic carbocycles. The van der Waals surface area contributed by atoms with Gasteiger partial charge in [-0.15, -0.1) is 0 Å². The highest BCUT2D eigenvalue weighted by Crippen LogP contribution is 2.07. The highest BCUT2D eigenvalue weighted by Gasteiger charge is 2.14. The van der Waals surface area contributed by atoms with Crippen LogP contribution in [0.1, 0.15) is 19.3 Å². The first kappa shape index (κ1) is 9.96. The molecule has 0 spiro atoms. The van der Waals surface area contributed by atoms with Gasteiger partial charge in [0.2, 0.25) is 0 Å². The smallest absolute Gasteiger partial charge is 0.0474 e. The third kappa shape index (κ3) is 3.52. The van der Waals surface area contributed by atoms with Gasteiger partial charge in [0.05, 0.1) is 0 Å². The summed E-state index contributed by atoms with van der Waals surface area (Å²) in [6, 6.07) is 0.448. The van der Waals surface area contributed by atoms with Gasteiger partial charge in [-0.25, -0.2) is 0 Å². The van der Waals surface area contributed by atoms with Crippen LogP contribution in [-0.2, 0) is 4.74 Å². The van der Waals surface area contributed by atoms with E-state index in [1.165, 1.54) is 19.6 Å². The first-order valence-electron chi connectivity index (χ1n) is 4.80. The molecular formula is C9H20N2O. The van der Waals surface area contributed by atoms with Gasteiger partial charge in [-0.2, -0.15) is 0 Å². The monoisotopic (exact) mass is 172 g/mol. The van der Waals surface area contributed by atoms with Gasteiger partial charge in [0.1, 0.15) is 0 Å². The summed E-state index contributed by atoms with van der Waals surface area (Å²) in [4.78, 5) is 2.47. The molecule has 0 aromatic carbocycles. The van der Waals surface area contributed by atoms with Crippen molar-refractivity contribution in [2.24, 2.45) is 5.73 Å². The van der Waals surface area contributed by atoms with Gasteiger partial charge in [-0.05, 0) is 32.4 Å². The largest absolute Gasteiger partial charge is 0.385 e. The molecule has 1 aliphatic heterocycles. The number of nitrogens with zero attached hydrogens (tertiary/aromatic N) is 1. The third-order valence-corrected chi connectivity index (χ3v) is 2.46. The van der Waals surface area contributed by atoms with Crippen LogP contribution in [0.5, 0.6) is 0 Å². The standard InChI is InChI=1S/C9H20N2O/c1-12-8-2-5-11-6-3-9(10)4-7-11/h9H,2-8,10H2,1H3. The number of ether oxygens (including phenoxy) is 1. The Morgan fingerprint density at radius 2 is 2.08 bits per heavy atom. The summed E-state index contributed by atoms with van der Waals surface area (Å²) in [6.07, 6.45) is 3.46. The van der Waals surface area contributed by atoms with Crippen LogP contribution < -0.4 is 5.73 Å². The summed E-state index contributed by atoms with van der Waals surface area (Å²) in [5.74, 6) is 0. The molecule has 1 rings (SSSR count). The fourth-order valence-electron chi connectivity index (χ4n) is 1.61. The molecule has 0 atom stereocenters. The average molecular weight is 172 g/mol. The van der Waals surface area contributed by atoms with Gasteiger partial charge in [0.25, 0.3) is 0 Å². The summed E-state index contributed by atoms with van der Waals surface area (Å²) in [5.41, 5.74) is 5.80. The minimum absolute atomic E-state index is 0.448. The first-order valence-corrected chi connectivity index (χ1v) is 4.80. The second-order valence-corrected chi connectivity index (χ2v) is 3.53. The average Bonchev–Trinajstić information content (AvgIpc) is 2.09. The second kappa shape index (κ2) is 5.51. The Morgan fingerprint density at radius 1 is 1.42 bits per heavy atom. The molecule has 0 aromatic rings. The molecule has 1 aliphatic rings. The molecule has 1 heterocycles. The van der Waals surface area contributed by atoms with Crippen LogP contribution in [0.25, 0.3) is 0 Å². The van der Waals surface area contributed by atoms with Gasteiger partial charge < -0.3 is 15.4 Å². The van der Waals surface area contributed by atoms with Crippen molar-refractivity contribution in [2.45, 2.75) is 25.3 Å². The number of hydrogen-bond donors (Lipinski definition) is 1. The molecule has 0 bridgehead atoms. The van der Waals surface area contributed by atoms with E-state index in [4.69, 9.17) is 10.5 Å². The number of rotatable bonds is 4. The molecule has 2 N–H and O–H groups in total. The van der Waals surface area contributed by atoms with Crippen molar-refractivity contribution < 1.29 is 4.74 Å². The Morgan fingerprint density at radius 3 is 2.67 bits per heavy atom. The summed E-state index contributed by atoms with van der Waals surface area (Å²) < 4.78 is 5.00. The third-order valence-electron chi connectivity index (χ3n) is 2.46. The molecule has 3 heteroatoms. The quantitative estimate of drug-likeness (QED) is 0.626. The second-order valence-electron chi connectivity index (χ2n) is 3.53. The van der Waals surface area contributed by atoms with E-state index in [1.807, 2.05) is 0 Å². The minimum atomic E-state index is 0.448. The van der Waals surface area contributed by atoms with E-state index in [9.17, 15) is 0 Å². The van der Waals surface area contributed by atoms with Crippen LogP contribution in [-0.4, -0.2) is 44.3 Å². The number of hydrogen-bond acceptors (Lipinski definition) is 3. The van der Waals surface area contributed by atoms with Crippen LogP contribution in [0.15, 0.2) is 0 Å². The lowest BCUT2D eigenvalue weighted by Gasteiger charge is -2.29. The van der Waals surface area contributed by atoms with Crippen LogP contribution in [0.3, 0.4) is 0 Å². The van der Waals surface area contributed by atoms with Gasteiger partial charge in [0, 0.05) is 26.3 Å². The fraction of sp³-hybridized carbons (Fsp3) is 1.00. The van der Waals surface area contributed by atoms with Crippen molar-refractivity contribution in [3.63, 3.8) is 0 Å². The SMILES string of the molecule is COCCCN1CCC(N)CC1. The van der Waals surface area contributed by atoms with Gasteiger partial charge >= 0.3 is 0 Å². The highest BCUT2D eigenvalue weighted by atomic mass is 16.5. The molecule has 0 aromatic heterocycles. The van der Waals surface area contributed by atoms with Crippen molar-refractivity contribution in [3.05, 3.63) is 0 Å². The van der Waals surface area contributed by atoms with Crippen molar-refractivity contribution in [2.75, 3.05) is 33.4 Å². The molecular weight excluding hydrogens is 152 g/mol. The van der Waals surface area contributed by atoms with Crippen molar-refractivity contribution >= 4 is 0 Å². The predicted molar refractivity (Wildman–Crippen MR) is 50.1 cm³/mol. The van der Waals surface area contributed by atoms with Gasteiger partial charge in [0.15, 0.2) is 0 Å². The summed E-state index contributed by atoms with van der Waals surface area (Å²) in [5, 5.41) is 0.